The maximum absolute atomic E-state index is 13.1. The van der Waals surface area contributed by atoms with E-state index in [1.807, 2.05) is 22.6 Å². The van der Waals surface area contributed by atoms with Gasteiger partial charge in [-0.05, 0) is 50.7 Å². The van der Waals surface area contributed by atoms with Gasteiger partial charge in [0.15, 0.2) is 0 Å². The minimum absolute atomic E-state index is 0.0926. The molecule has 0 aromatic heterocycles. The van der Waals surface area contributed by atoms with Crippen LogP contribution >= 0.6 is 38.5 Å². The van der Waals surface area contributed by atoms with Gasteiger partial charge in [-0.1, -0.05) is 0 Å². The van der Waals surface area contributed by atoms with Gasteiger partial charge in [-0.15, -0.1) is 0 Å². The molecule has 0 unspecified atom stereocenters. The number of hydrogen-bond acceptors (Lipinski definition) is 2. The second-order valence-corrected chi connectivity index (χ2v) is 4.15. The third-order valence-corrected chi connectivity index (χ3v) is 2.89. The first-order chi connectivity index (χ1) is 5.54. The molecule has 0 saturated heterocycles. The van der Waals surface area contributed by atoms with Gasteiger partial charge in [0.1, 0.15) is 5.82 Å². The molecule has 1 aromatic rings. The van der Waals surface area contributed by atoms with Crippen molar-refractivity contribution in [2.75, 3.05) is 0 Å². The van der Waals surface area contributed by atoms with Gasteiger partial charge in [-0.25, -0.2) is 4.39 Å². The highest BCUT2D eigenvalue weighted by atomic mass is 127. The Balaban J connectivity index is 3.33. The molecule has 0 bridgehead atoms. The lowest BCUT2D eigenvalue weighted by Gasteiger charge is -2.05. The van der Waals surface area contributed by atoms with E-state index >= 15 is 0 Å². The minimum atomic E-state index is -1.77. The van der Waals surface area contributed by atoms with E-state index in [1.54, 1.807) is 6.07 Å². The lowest BCUT2D eigenvalue weighted by atomic mass is 9.80. The number of benzene rings is 1. The molecule has 0 saturated carbocycles. The highest BCUT2D eigenvalue weighted by Gasteiger charge is 2.21. The van der Waals surface area contributed by atoms with Crippen LogP contribution in [0, 0.1) is 9.39 Å². The fraction of sp³-hybridized carbons (Fsp3) is 0. The lowest BCUT2D eigenvalue weighted by Crippen LogP contribution is -2.35. The van der Waals surface area contributed by atoms with Crippen LogP contribution < -0.4 is 5.46 Å². The lowest BCUT2D eigenvalue weighted by molar-refractivity contribution is 0.422. The van der Waals surface area contributed by atoms with Crippen LogP contribution in [-0.4, -0.2) is 17.2 Å². The van der Waals surface area contributed by atoms with E-state index in [0.717, 1.165) is 0 Å². The number of halogens is 3. The molecule has 0 radical (unpaired) electrons. The SMILES string of the molecule is OB(O)c1c(I)ccc(Br)c1F. The van der Waals surface area contributed by atoms with Crippen LogP contribution in [-0.2, 0) is 0 Å². The standard InChI is InChI=1S/C6H4BBrFIO2/c8-3-1-2-4(10)5(6(3)9)7(11)12/h1-2,11-12H. The van der Waals surface area contributed by atoms with Crippen molar-refractivity contribution in [3.05, 3.63) is 26.0 Å². The molecule has 2 nitrogen and oxygen atoms in total. The zero-order valence-corrected chi connectivity index (χ0v) is 9.50. The summed E-state index contributed by atoms with van der Waals surface area (Å²) in [7, 11) is -1.77. The van der Waals surface area contributed by atoms with Gasteiger partial charge in [0.2, 0.25) is 0 Å². The van der Waals surface area contributed by atoms with Crippen molar-refractivity contribution in [1.82, 2.24) is 0 Å². The van der Waals surface area contributed by atoms with Crippen molar-refractivity contribution in [1.29, 1.82) is 0 Å². The Morgan fingerprint density at radius 2 is 2.00 bits per heavy atom. The second kappa shape index (κ2) is 4.04. The topological polar surface area (TPSA) is 40.5 Å². The third kappa shape index (κ3) is 1.98. The average molecular weight is 345 g/mol. The molecule has 0 aliphatic carbocycles. The highest BCUT2D eigenvalue weighted by molar-refractivity contribution is 14.1. The highest BCUT2D eigenvalue weighted by Crippen LogP contribution is 2.15. The van der Waals surface area contributed by atoms with Gasteiger partial charge >= 0.3 is 7.12 Å². The molecule has 64 valence electrons. The van der Waals surface area contributed by atoms with E-state index in [-0.39, 0.29) is 9.94 Å². The van der Waals surface area contributed by atoms with Crippen LogP contribution in [0.1, 0.15) is 0 Å². The molecule has 0 aliphatic heterocycles. The van der Waals surface area contributed by atoms with Crippen LogP contribution in [0.2, 0.25) is 0 Å². The predicted octanol–water partition coefficient (Wildman–Crippen LogP) is 0.873. The molecule has 6 heteroatoms. The first-order valence-corrected chi connectivity index (χ1v) is 4.90. The van der Waals surface area contributed by atoms with E-state index in [1.165, 1.54) is 6.07 Å². The molecule has 0 atom stereocenters. The normalized spacial score (nSPS) is 10.1. The van der Waals surface area contributed by atoms with E-state index < -0.39 is 12.9 Å². The Kier molecular flexibility index (Phi) is 3.51. The van der Waals surface area contributed by atoms with E-state index in [4.69, 9.17) is 10.0 Å². The quantitative estimate of drug-likeness (QED) is 0.451. The van der Waals surface area contributed by atoms with Crippen LogP contribution in [0.3, 0.4) is 0 Å². The summed E-state index contributed by atoms with van der Waals surface area (Å²) in [6.07, 6.45) is 0. The van der Waals surface area contributed by atoms with Crippen LogP contribution in [0.25, 0.3) is 0 Å². The van der Waals surface area contributed by atoms with Gasteiger partial charge in [0, 0.05) is 9.03 Å². The monoisotopic (exact) mass is 344 g/mol. The van der Waals surface area contributed by atoms with Crippen molar-refractivity contribution in [3.63, 3.8) is 0 Å². The molecule has 2 N–H and O–H groups in total. The van der Waals surface area contributed by atoms with Crippen LogP contribution in [0.15, 0.2) is 16.6 Å². The molecule has 0 aliphatic rings. The van der Waals surface area contributed by atoms with E-state index in [2.05, 4.69) is 15.9 Å². The Morgan fingerprint density at radius 1 is 1.42 bits per heavy atom. The Morgan fingerprint density at radius 3 is 2.42 bits per heavy atom. The van der Waals surface area contributed by atoms with Gasteiger partial charge in [-0.3, -0.25) is 0 Å². The maximum atomic E-state index is 13.1. The molecule has 0 heterocycles. The van der Waals surface area contributed by atoms with Gasteiger partial charge < -0.3 is 10.0 Å². The van der Waals surface area contributed by atoms with Crippen molar-refractivity contribution < 1.29 is 14.4 Å². The van der Waals surface area contributed by atoms with Crippen molar-refractivity contribution in [3.8, 4) is 0 Å². The zero-order valence-electron chi connectivity index (χ0n) is 5.76. The maximum Gasteiger partial charge on any atom is 0.492 e. The summed E-state index contributed by atoms with van der Waals surface area (Å²) in [5.41, 5.74) is -0.0926. The molecular weight excluding hydrogens is 341 g/mol. The van der Waals surface area contributed by atoms with Crippen LogP contribution in [0.4, 0.5) is 4.39 Å². The van der Waals surface area contributed by atoms with Gasteiger partial charge in [-0.2, -0.15) is 0 Å². The molecule has 1 aromatic carbocycles. The number of rotatable bonds is 1. The Labute approximate surface area is 91.2 Å². The van der Waals surface area contributed by atoms with Crippen LogP contribution in [0.5, 0.6) is 0 Å². The van der Waals surface area contributed by atoms with Crippen molar-refractivity contribution in [2.24, 2.45) is 0 Å². The van der Waals surface area contributed by atoms with Crippen molar-refractivity contribution in [2.45, 2.75) is 0 Å². The minimum Gasteiger partial charge on any atom is -0.423 e. The molecule has 0 fully saturated rings. The summed E-state index contributed by atoms with van der Waals surface area (Å²) >= 11 is 4.79. The van der Waals surface area contributed by atoms with Gasteiger partial charge in [0.25, 0.3) is 0 Å². The molecule has 0 amide bonds. The fourth-order valence-electron chi connectivity index (χ4n) is 0.779. The molecular formula is C6H4BBrFIO2. The summed E-state index contributed by atoms with van der Waals surface area (Å²) in [6, 6.07) is 3.12. The Bertz CT molecular complexity index is 308. The fourth-order valence-corrected chi connectivity index (χ4v) is 1.82. The number of hydrogen-bond donors (Lipinski definition) is 2. The first-order valence-electron chi connectivity index (χ1n) is 3.03. The first kappa shape index (κ1) is 10.4. The molecule has 1 rings (SSSR count). The summed E-state index contributed by atoms with van der Waals surface area (Å²) < 4.78 is 13.9. The summed E-state index contributed by atoms with van der Waals surface area (Å²) in [4.78, 5) is 0. The largest absolute Gasteiger partial charge is 0.492 e. The van der Waals surface area contributed by atoms with Crippen molar-refractivity contribution >= 4 is 51.1 Å². The van der Waals surface area contributed by atoms with Gasteiger partial charge in [0.05, 0.1) is 4.47 Å². The molecule has 0 spiro atoms. The Hall–Kier alpha value is 0.345. The third-order valence-electron chi connectivity index (χ3n) is 1.34. The zero-order chi connectivity index (χ0) is 9.30. The molecule has 12 heavy (non-hydrogen) atoms. The average Bonchev–Trinajstić information content (AvgIpc) is 1.97. The smallest absolute Gasteiger partial charge is 0.423 e. The predicted molar refractivity (Wildman–Crippen MR) is 56.6 cm³/mol. The summed E-state index contributed by atoms with van der Waals surface area (Å²) in [6.45, 7) is 0. The summed E-state index contributed by atoms with van der Waals surface area (Å²) in [5, 5.41) is 17.6. The van der Waals surface area contributed by atoms with E-state index in [0.29, 0.717) is 3.57 Å². The second-order valence-electron chi connectivity index (χ2n) is 2.13. The van der Waals surface area contributed by atoms with E-state index in [9.17, 15) is 4.39 Å². The summed E-state index contributed by atoms with van der Waals surface area (Å²) in [5.74, 6) is -0.628.